The van der Waals surface area contributed by atoms with Crippen LogP contribution >= 0.6 is 0 Å². The Kier molecular flexibility index (Phi) is 2.81. The number of fused-ring (bicyclic) bond motifs is 1. The average molecular weight is 276 g/mol. The summed E-state index contributed by atoms with van der Waals surface area (Å²) in [5.74, 6) is 0. The quantitative estimate of drug-likeness (QED) is 0.779. The molecule has 0 aliphatic carbocycles. The number of alkyl halides is 3. The molecule has 0 saturated heterocycles. The maximum Gasteiger partial charge on any atom is 0.416 e. The molecule has 0 atom stereocenters. The number of rotatable bonds is 2. The van der Waals surface area contributed by atoms with Gasteiger partial charge < -0.3 is 4.79 Å². The number of hydrogen-bond acceptors (Lipinski definition) is 3. The minimum absolute atomic E-state index is 0.0445. The van der Waals surface area contributed by atoms with Gasteiger partial charge in [0.15, 0.2) is 0 Å². The van der Waals surface area contributed by atoms with E-state index >= 15 is 0 Å². The molecule has 0 spiro atoms. The van der Waals surface area contributed by atoms with Crippen LogP contribution in [0, 0.1) is 0 Å². The van der Waals surface area contributed by atoms with Crippen molar-refractivity contribution in [3.05, 3.63) is 34.7 Å². The summed E-state index contributed by atoms with van der Waals surface area (Å²) in [5.41, 5.74) is -0.891. The zero-order valence-electron chi connectivity index (χ0n) is 8.86. The fourth-order valence-corrected chi connectivity index (χ4v) is 3.25. The number of aldehydes is 1. The van der Waals surface area contributed by atoms with Gasteiger partial charge in [0.1, 0.15) is 6.29 Å². The van der Waals surface area contributed by atoms with Crippen molar-refractivity contribution < 1.29 is 26.4 Å². The molecule has 0 amide bonds. The van der Waals surface area contributed by atoms with Crippen molar-refractivity contribution >= 4 is 21.7 Å². The summed E-state index contributed by atoms with van der Waals surface area (Å²) < 4.78 is 60.8. The number of carbonyl (C=O) groups is 1. The number of sulfone groups is 1. The van der Waals surface area contributed by atoms with E-state index in [9.17, 15) is 26.4 Å². The molecule has 0 N–H and O–H groups in total. The second kappa shape index (κ2) is 3.94. The van der Waals surface area contributed by atoms with E-state index in [0.717, 1.165) is 17.5 Å². The van der Waals surface area contributed by atoms with Crippen LogP contribution in [0.4, 0.5) is 13.2 Å². The highest BCUT2D eigenvalue weighted by Gasteiger charge is 2.34. The van der Waals surface area contributed by atoms with Crippen LogP contribution < -0.4 is 0 Å². The molecule has 0 radical (unpaired) electrons. The van der Waals surface area contributed by atoms with E-state index in [-0.39, 0.29) is 22.5 Å². The Morgan fingerprint density at radius 1 is 1.22 bits per heavy atom. The third-order valence-electron chi connectivity index (χ3n) is 2.56. The molecule has 7 heteroatoms. The summed E-state index contributed by atoms with van der Waals surface area (Å²) >= 11 is 0. The van der Waals surface area contributed by atoms with Crippen LogP contribution in [0.2, 0.25) is 0 Å². The second-order valence-electron chi connectivity index (χ2n) is 3.77. The van der Waals surface area contributed by atoms with Gasteiger partial charge in [-0.3, -0.25) is 0 Å². The Bertz CT molecular complexity index is 642. The molecular formula is C11H7F3O3S. The molecule has 0 bridgehead atoms. The number of hydrogen-bond donors (Lipinski definition) is 0. The summed E-state index contributed by atoms with van der Waals surface area (Å²) in [6, 6.07) is 2.39. The van der Waals surface area contributed by atoms with Crippen molar-refractivity contribution in [2.24, 2.45) is 0 Å². The van der Waals surface area contributed by atoms with E-state index in [4.69, 9.17) is 0 Å². The lowest BCUT2D eigenvalue weighted by atomic mass is 10.0. The van der Waals surface area contributed by atoms with Crippen molar-refractivity contribution in [2.45, 2.75) is 17.5 Å². The first-order chi connectivity index (χ1) is 8.25. The van der Waals surface area contributed by atoms with Crippen molar-refractivity contribution in [3.8, 4) is 0 Å². The highest BCUT2D eigenvalue weighted by molar-refractivity contribution is 7.95. The van der Waals surface area contributed by atoms with Gasteiger partial charge in [-0.1, -0.05) is 0 Å². The van der Waals surface area contributed by atoms with E-state index in [0.29, 0.717) is 12.4 Å². The van der Waals surface area contributed by atoms with Crippen LogP contribution in [0.25, 0.3) is 5.57 Å². The minimum atomic E-state index is -4.55. The van der Waals surface area contributed by atoms with E-state index in [1.165, 1.54) is 0 Å². The Labute approximate surface area is 101 Å². The van der Waals surface area contributed by atoms with Crippen molar-refractivity contribution in [1.82, 2.24) is 0 Å². The van der Waals surface area contributed by atoms with E-state index in [1.54, 1.807) is 0 Å². The molecule has 1 aromatic carbocycles. The fraction of sp³-hybridized carbons (Fsp3) is 0.182. The predicted molar refractivity (Wildman–Crippen MR) is 57.3 cm³/mol. The molecule has 18 heavy (non-hydrogen) atoms. The minimum Gasteiger partial charge on any atom is -0.303 e. The first-order valence-electron chi connectivity index (χ1n) is 4.86. The SMILES string of the molecule is O=CCC1=CS(=O)(=O)c2ccc(C(F)(F)F)cc21. The standard InChI is InChI=1S/C11H7F3O3S/c12-11(13,14)8-1-2-10-9(5-8)7(3-4-15)6-18(10,16)17/h1-2,4-6H,3H2. The molecular weight excluding hydrogens is 269 g/mol. The van der Waals surface area contributed by atoms with Crippen LogP contribution in [-0.4, -0.2) is 14.7 Å². The fourth-order valence-electron chi connectivity index (χ4n) is 1.77. The zero-order valence-corrected chi connectivity index (χ0v) is 9.68. The summed E-state index contributed by atoms with van der Waals surface area (Å²) in [7, 11) is -3.73. The molecule has 3 nitrogen and oxygen atoms in total. The number of carbonyl (C=O) groups excluding carboxylic acids is 1. The maximum absolute atomic E-state index is 12.5. The number of halogens is 3. The molecule has 2 rings (SSSR count). The zero-order chi connectivity index (χ0) is 13.6. The molecule has 0 unspecified atom stereocenters. The predicted octanol–water partition coefficient (Wildman–Crippen LogP) is 2.42. The molecule has 0 aromatic heterocycles. The van der Waals surface area contributed by atoms with Crippen LogP contribution in [-0.2, 0) is 20.8 Å². The summed E-state index contributed by atoms with van der Waals surface area (Å²) in [5, 5.41) is 0.840. The summed E-state index contributed by atoms with van der Waals surface area (Å²) in [4.78, 5) is 10.2. The number of allylic oxidation sites excluding steroid dienone is 1. The molecule has 1 aromatic rings. The van der Waals surface area contributed by atoms with Gasteiger partial charge in [0.05, 0.1) is 10.5 Å². The van der Waals surface area contributed by atoms with Crippen LogP contribution in [0.5, 0.6) is 0 Å². The second-order valence-corrected chi connectivity index (χ2v) is 5.53. The highest BCUT2D eigenvalue weighted by atomic mass is 32.2. The van der Waals surface area contributed by atoms with Gasteiger partial charge in [-0.25, -0.2) is 8.42 Å². The molecule has 1 aliphatic heterocycles. The summed E-state index contributed by atoms with van der Waals surface area (Å²) in [6.07, 6.45) is -4.32. The first-order valence-corrected chi connectivity index (χ1v) is 6.41. The maximum atomic E-state index is 12.5. The van der Waals surface area contributed by atoms with Crippen molar-refractivity contribution in [2.75, 3.05) is 0 Å². The van der Waals surface area contributed by atoms with Gasteiger partial charge in [-0.15, -0.1) is 0 Å². The molecule has 1 aliphatic rings. The van der Waals surface area contributed by atoms with Crippen LogP contribution in [0.15, 0.2) is 28.5 Å². The topological polar surface area (TPSA) is 51.2 Å². The highest BCUT2D eigenvalue weighted by Crippen LogP contribution is 2.39. The molecule has 96 valence electrons. The van der Waals surface area contributed by atoms with Gasteiger partial charge >= 0.3 is 6.18 Å². The Balaban J connectivity index is 2.64. The normalized spacial score (nSPS) is 17.2. The van der Waals surface area contributed by atoms with Gasteiger partial charge in [-0.05, 0) is 29.3 Å². The largest absolute Gasteiger partial charge is 0.416 e. The van der Waals surface area contributed by atoms with Gasteiger partial charge in [0.25, 0.3) is 0 Å². The lowest BCUT2D eigenvalue weighted by molar-refractivity contribution is -0.137. The lowest BCUT2D eigenvalue weighted by Gasteiger charge is -2.09. The first kappa shape index (κ1) is 12.8. The van der Waals surface area contributed by atoms with E-state index in [2.05, 4.69) is 0 Å². The van der Waals surface area contributed by atoms with Gasteiger partial charge in [0.2, 0.25) is 9.84 Å². The molecule has 0 fully saturated rings. The Morgan fingerprint density at radius 2 is 1.89 bits per heavy atom. The van der Waals surface area contributed by atoms with Crippen LogP contribution in [0.1, 0.15) is 17.5 Å². The average Bonchev–Trinajstić information content (AvgIpc) is 2.50. The van der Waals surface area contributed by atoms with Crippen molar-refractivity contribution in [1.29, 1.82) is 0 Å². The van der Waals surface area contributed by atoms with Gasteiger partial charge in [-0.2, -0.15) is 13.2 Å². The third kappa shape index (κ3) is 2.05. The van der Waals surface area contributed by atoms with Crippen molar-refractivity contribution in [3.63, 3.8) is 0 Å². The Morgan fingerprint density at radius 3 is 2.44 bits per heavy atom. The molecule has 1 heterocycles. The van der Waals surface area contributed by atoms with E-state index < -0.39 is 21.6 Å². The van der Waals surface area contributed by atoms with E-state index in [1.807, 2.05) is 0 Å². The van der Waals surface area contributed by atoms with Crippen LogP contribution in [0.3, 0.4) is 0 Å². The third-order valence-corrected chi connectivity index (χ3v) is 4.12. The van der Waals surface area contributed by atoms with Gasteiger partial charge in [0, 0.05) is 11.8 Å². The Hall–Kier alpha value is -1.63. The smallest absolute Gasteiger partial charge is 0.303 e. The molecule has 0 saturated carbocycles. The summed E-state index contributed by atoms with van der Waals surface area (Å²) in [6.45, 7) is 0. The monoisotopic (exact) mass is 276 g/mol. The number of benzene rings is 1. The lowest BCUT2D eigenvalue weighted by Crippen LogP contribution is -2.06.